The maximum absolute atomic E-state index is 12.3. The number of rotatable bonds is 2. The first-order chi connectivity index (χ1) is 8.00. The van der Waals surface area contributed by atoms with Crippen molar-refractivity contribution in [3.05, 3.63) is 47.7 Å². The largest absolute Gasteiger partial charge is 0.452 e. The van der Waals surface area contributed by atoms with Crippen LogP contribution < -0.4 is 0 Å². The fraction of sp³-hybridized carbons (Fsp3) is 0.0833. The molecule has 0 aliphatic heterocycles. The van der Waals surface area contributed by atoms with E-state index in [4.69, 9.17) is 4.42 Å². The van der Waals surface area contributed by atoms with Crippen LogP contribution in [0, 0.1) is 0 Å². The van der Waals surface area contributed by atoms with Gasteiger partial charge in [0.05, 0.1) is 5.56 Å². The molecule has 0 N–H and O–H groups in total. The summed E-state index contributed by atoms with van der Waals surface area (Å²) in [6, 6.07) is 7.40. The van der Waals surface area contributed by atoms with E-state index in [9.17, 15) is 18.0 Å². The molecule has 0 unspecified atom stereocenters. The Morgan fingerprint density at radius 3 is 2.12 bits per heavy atom. The standard InChI is InChI=1S/C12H6F3O2/c13-12(14,15)9-3-1-8(2-4-9)11-6-5-10(7-16)17-11/h1-6H. The van der Waals surface area contributed by atoms with Crippen LogP contribution in [0.3, 0.4) is 0 Å². The molecule has 0 amide bonds. The van der Waals surface area contributed by atoms with Gasteiger partial charge in [0.2, 0.25) is 0 Å². The molecule has 0 fully saturated rings. The summed E-state index contributed by atoms with van der Waals surface area (Å²) in [6.45, 7) is 0. The smallest absolute Gasteiger partial charge is 0.416 e. The number of carbonyl (C=O) groups excluding carboxylic acids is 1. The van der Waals surface area contributed by atoms with Crippen LogP contribution in [0.4, 0.5) is 13.2 Å². The molecule has 2 nitrogen and oxygen atoms in total. The zero-order valence-corrected chi connectivity index (χ0v) is 8.41. The van der Waals surface area contributed by atoms with E-state index < -0.39 is 11.7 Å². The van der Waals surface area contributed by atoms with Gasteiger partial charge in [-0.05, 0) is 24.3 Å². The lowest BCUT2D eigenvalue weighted by molar-refractivity contribution is -0.137. The molecule has 87 valence electrons. The van der Waals surface area contributed by atoms with Gasteiger partial charge in [0.25, 0.3) is 6.29 Å². The highest BCUT2D eigenvalue weighted by Crippen LogP contribution is 2.31. The average molecular weight is 239 g/mol. The SMILES string of the molecule is O=[C]c1ccc(-c2ccc(C(F)(F)F)cc2)o1. The van der Waals surface area contributed by atoms with Crippen molar-refractivity contribution < 1.29 is 22.4 Å². The van der Waals surface area contributed by atoms with Gasteiger partial charge in [0.1, 0.15) is 5.76 Å². The Balaban J connectivity index is 2.32. The van der Waals surface area contributed by atoms with Gasteiger partial charge in [-0.15, -0.1) is 0 Å². The minimum atomic E-state index is -4.36. The molecule has 5 heteroatoms. The highest BCUT2D eigenvalue weighted by atomic mass is 19.4. The molecule has 0 aliphatic carbocycles. The van der Waals surface area contributed by atoms with Gasteiger partial charge in [-0.25, -0.2) is 0 Å². The molecule has 0 saturated heterocycles. The zero-order chi connectivity index (χ0) is 12.5. The average Bonchev–Trinajstić information content (AvgIpc) is 2.76. The third-order valence-corrected chi connectivity index (χ3v) is 2.20. The van der Waals surface area contributed by atoms with Gasteiger partial charge in [-0.3, -0.25) is 4.79 Å². The van der Waals surface area contributed by atoms with E-state index in [0.29, 0.717) is 11.3 Å². The van der Waals surface area contributed by atoms with Crippen LogP contribution in [0.1, 0.15) is 11.3 Å². The monoisotopic (exact) mass is 239 g/mol. The lowest BCUT2D eigenvalue weighted by atomic mass is 10.1. The van der Waals surface area contributed by atoms with Crippen LogP contribution in [0.2, 0.25) is 0 Å². The number of halogens is 3. The Morgan fingerprint density at radius 2 is 1.65 bits per heavy atom. The van der Waals surface area contributed by atoms with Crippen molar-refractivity contribution in [2.24, 2.45) is 0 Å². The summed E-state index contributed by atoms with van der Waals surface area (Å²) in [6.07, 6.45) is -2.80. The molecule has 0 aliphatic rings. The molecule has 0 saturated carbocycles. The van der Waals surface area contributed by atoms with Gasteiger partial charge in [-0.2, -0.15) is 13.2 Å². The third-order valence-electron chi connectivity index (χ3n) is 2.20. The van der Waals surface area contributed by atoms with Crippen LogP contribution in [-0.2, 0) is 11.0 Å². The lowest BCUT2D eigenvalue weighted by Crippen LogP contribution is -2.03. The number of alkyl halides is 3. The zero-order valence-electron chi connectivity index (χ0n) is 8.41. The summed E-state index contributed by atoms with van der Waals surface area (Å²) in [5.74, 6) is 0.344. The molecule has 1 heterocycles. The Morgan fingerprint density at radius 1 is 1.00 bits per heavy atom. The van der Waals surface area contributed by atoms with E-state index in [-0.39, 0.29) is 5.76 Å². The maximum Gasteiger partial charge on any atom is 0.416 e. The van der Waals surface area contributed by atoms with Crippen LogP contribution in [-0.4, -0.2) is 6.29 Å². The van der Waals surface area contributed by atoms with Crippen molar-refractivity contribution in [1.82, 2.24) is 0 Å². The van der Waals surface area contributed by atoms with E-state index in [1.807, 2.05) is 0 Å². The summed E-state index contributed by atoms with van der Waals surface area (Å²) in [5, 5.41) is 0. The molecule has 0 atom stereocenters. The first-order valence-corrected chi connectivity index (χ1v) is 4.66. The van der Waals surface area contributed by atoms with Crippen molar-refractivity contribution in [2.45, 2.75) is 6.18 Å². The molecule has 0 spiro atoms. The predicted octanol–water partition coefficient (Wildman–Crippen LogP) is 3.42. The van der Waals surface area contributed by atoms with Gasteiger partial charge in [0.15, 0.2) is 5.76 Å². The van der Waals surface area contributed by atoms with E-state index in [1.54, 1.807) is 6.29 Å². The van der Waals surface area contributed by atoms with Crippen LogP contribution in [0.25, 0.3) is 11.3 Å². The number of benzene rings is 1. The quantitative estimate of drug-likeness (QED) is 0.803. The molecule has 2 rings (SSSR count). The minimum Gasteiger partial charge on any atom is -0.452 e. The topological polar surface area (TPSA) is 30.2 Å². The fourth-order valence-electron chi connectivity index (χ4n) is 1.37. The molecular weight excluding hydrogens is 233 g/mol. The maximum atomic E-state index is 12.3. The van der Waals surface area contributed by atoms with Gasteiger partial charge in [0, 0.05) is 5.56 Å². The summed E-state index contributed by atoms with van der Waals surface area (Å²) in [4.78, 5) is 10.3. The van der Waals surface area contributed by atoms with Crippen LogP contribution in [0.15, 0.2) is 40.8 Å². The van der Waals surface area contributed by atoms with Crippen LogP contribution >= 0.6 is 0 Å². The van der Waals surface area contributed by atoms with Crippen molar-refractivity contribution in [3.63, 3.8) is 0 Å². The molecule has 1 radical (unpaired) electrons. The summed E-state index contributed by atoms with van der Waals surface area (Å²) >= 11 is 0. The Kier molecular flexibility index (Phi) is 2.75. The van der Waals surface area contributed by atoms with Gasteiger partial charge >= 0.3 is 6.18 Å². The Labute approximate surface area is 94.7 Å². The lowest BCUT2D eigenvalue weighted by Gasteiger charge is -2.06. The summed E-state index contributed by atoms with van der Waals surface area (Å²) in [5.41, 5.74) is -0.255. The fourth-order valence-corrected chi connectivity index (χ4v) is 1.37. The van der Waals surface area contributed by atoms with E-state index >= 15 is 0 Å². The third kappa shape index (κ3) is 2.38. The van der Waals surface area contributed by atoms with E-state index in [1.165, 1.54) is 24.3 Å². The van der Waals surface area contributed by atoms with E-state index in [0.717, 1.165) is 12.1 Å². The highest BCUT2D eigenvalue weighted by Gasteiger charge is 2.30. The molecule has 17 heavy (non-hydrogen) atoms. The Hall–Kier alpha value is -2.04. The summed E-state index contributed by atoms with van der Waals surface area (Å²) in [7, 11) is 0. The van der Waals surface area contributed by atoms with Crippen molar-refractivity contribution >= 4 is 6.29 Å². The van der Waals surface area contributed by atoms with E-state index in [2.05, 4.69) is 0 Å². The predicted molar refractivity (Wildman–Crippen MR) is 53.9 cm³/mol. The number of hydrogen-bond acceptors (Lipinski definition) is 2. The first kappa shape index (κ1) is 11.4. The van der Waals surface area contributed by atoms with Gasteiger partial charge in [-0.1, -0.05) is 12.1 Å². The van der Waals surface area contributed by atoms with Crippen molar-refractivity contribution in [1.29, 1.82) is 0 Å². The van der Waals surface area contributed by atoms with Gasteiger partial charge < -0.3 is 4.42 Å². The second kappa shape index (κ2) is 4.08. The Bertz CT molecular complexity index is 523. The second-order valence-corrected chi connectivity index (χ2v) is 3.34. The molecule has 2 aromatic rings. The molecule has 1 aromatic heterocycles. The second-order valence-electron chi connectivity index (χ2n) is 3.34. The van der Waals surface area contributed by atoms with Crippen molar-refractivity contribution in [2.75, 3.05) is 0 Å². The van der Waals surface area contributed by atoms with Crippen LogP contribution in [0.5, 0.6) is 0 Å². The summed E-state index contributed by atoms with van der Waals surface area (Å²) < 4.78 is 42.0. The number of hydrogen-bond donors (Lipinski definition) is 0. The first-order valence-electron chi connectivity index (χ1n) is 4.66. The molecule has 1 aromatic carbocycles. The normalized spacial score (nSPS) is 11.5. The molecule has 0 bridgehead atoms. The molecular formula is C12H6F3O2. The highest BCUT2D eigenvalue weighted by molar-refractivity contribution is 5.73. The minimum absolute atomic E-state index is 0.0138. The van der Waals surface area contributed by atoms with Crippen molar-refractivity contribution in [3.8, 4) is 11.3 Å². The number of furan rings is 1.